The van der Waals surface area contributed by atoms with Crippen molar-refractivity contribution in [1.82, 2.24) is 10.3 Å². The van der Waals surface area contributed by atoms with Crippen molar-refractivity contribution in [2.45, 2.75) is 18.9 Å². The summed E-state index contributed by atoms with van der Waals surface area (Å²) < 4.78 is 0. The van der Waals surface area contributed by atoms with Crippen LogP contribution in [-0.2, 0) is 11.2 Å². The molecule has 0 aromatic carbocycles. The van der Waals surface area contributed by atoms with Gasteiger partial charge in [-0.3, -0.25) is 4.79 Å². The first kappa shape index (κ1) is 14.3. The highest BCUT2D eigenvalue weighted by Gasteiger charge is 2.20. The molecular weight excluding hydrogens is 258 g/mol. The van der Waals surface area contributed by atoms with Gasteiger partial charge in [-0.25, -0.2) is 4.98 Å². The average molecular weight is 275 g/mol. The molecular formula is C10H17N3O2S2. The number of aromatic nitrogens is 1. The van der Waals surface area contributed by atoms with Crippen LogP contribution >= 0.6 is 23.1 Å². The molecule has 4 N–H and O–H groups in total. The maximum absolute atomic E-state index is 11.6. The molecule has 17 heavy (non-hydrogen) atoms. The molecule has 1 rings (SSSR count). The Hall–Kier alpha value is -0.790. The summed E-state index contributed by atoms with van der Waals surface area (Å²) in [6, 6.07) is 0. The number of thioether (sulfide) groups is 1. The van der Waals surface area contributed by atoms with E-state index in [0.717, 1.165) is 0 Å². The van der Waals surface area contributed by atoms with Crippen LogP contribution < -0.4 is 11.1 Å². The van der Waals surface area contributed by atoms with Crippen LogP contribution in [0.5, 0.6) is 0 Å². The van der Waals surface area contributed by atoms with Crippen molar-refractivity contribution < 1.29 is 9.90 Å². The van der Waals surface area contributed by atoms with Gasteiger partial charge in [0.25, 0.3) is 0 Å². The number of anilines is 1. The molecule has 0 aliphatic heterocycles. The number of hydrogen-bond acceptors (Lipinski definition) is 6. The number of nitrogens with one attached hydrogen (secondary N) is 1. The lowest BCUT2D eigenvalue weighted by Crippen LogP contribution is -2.42. The highest BCUT2D eigenvalue weighted by molar-refractivity contribution is 7.98. The Morgan fingerprint density at radius 1 is 1.76 bits per heavy atom. The fourth-order valence-electron chi connectivity index (χ4n) is 1.28. The number of rotatable bonds is 6. The summed E-state index contributed by atoms with van der Waals surface area (Å²) in [5.74, 6) is 0.424. The molecule has 1 amide bonds. The Labute approximate surface area is 109 Å². The van der Waals surface area contributed by atoms with E-state index in [1.165, 1.54) is 23.1 Å². The van der Waals surface area contributed by atoms with Crippen LogP contribution in [0.4, 0.5) is 5.13 Å². The SMILES string of the molecule is CSCC(C)(O)CNC(=O)Cc1csc(N)n1. The van der Waals surface area contributed by atoms with Gasteiger partial charge in [0.15, 0.2) is 5.13 Å². The van der Waals surface area contributed by atoms with Gasteiger partial charge in [-0.1, -0.05) is 0 Å². The van der Waals surface area contributed by atoms with Crippen molar-refractivity contribution in [2.75, 3.05) is 24.3 Å². The van der Waals surface area contributed by atoms with E-state index >= 15 is 0 Å². The topological polar surface area (TPSA) is 88.2 Å². The van der Waals surface area contributed by atoms with Crippen molar-refractivity contribution in [3.05, 3.63) is 11.1 Å². The Morgan fingerprint density at radius 2 is 2.47 bits per heavy atom. The number of amides is 1. The first-order chi connectivity index (χ1) is 7.93. The molecule has 0 spiro atoms. The number of aliphatic hydroxyl groups is 1. The summed E-state index contributed by atoms with van der Waals surface area (Å²) in [5, 5.41) is 14.8. The van der Waals surface area contributed by atoms with Gasteiger partial charge >= 0.3 is 0 Å². The third-order valence-corrected chi connectivity index (χ3v) is 3.67. The van der Waals surface area contributed by atoms with Crippen molar-refractivity contribution >= 4 is 34.1 Å². The molecule has 1 unspecified atom stereocenters. The summed E-state index contributed by atoms with van der Waals surface area (Å²) in [6.07, 6.45) is 2.11. The molecule has 7 heteroatoms. The number of carbonyl (C=O) groups excluding carboxylic acids is 1. The second-order valence-corrected chi connectivity index (χ2v) is 5.82. The Kier molecular flexibility index (Phi) is 5.23. The Balaban J connectivity index is 2.35. The largest absolute Gasteiger partial charge is 0.387 e. The average Bonchev–Trinajstić information content (AvgIpc) is 2.61. The molecule has 0 bridgehead atoms. The zero-order valence-corrected chi connectivity index (χ0v) is 11.5. The number of thiazole rings is 1. The molecule has 5 nitrogen and oxygen atoms in total. The molecule has 0 fully saturated rings. The van der Waals surface area contributed by atoms with E-state index in [-0.39, 0.29) is 18.9 Å². The van der Waals surface area contributed by atoms with Gasteiger partial charge in [0.05, 0.1) is 17.7 Å². The lowest BCUT2D eigenvalue weighted by Gasteiger charge is -2.22. The summed E-state index contributed by atoms with van der Waals surface area (Å²) in [4.78, 5) is 15.6. The molecule has 0 aliphatic carbocycles. The number of nitrogens with zero attached hydrogens (tertiary/aromatic N) is 1. The van der Waals surface area contributed by atoms with Crippen LogP contribution in [-0.4, -0.2) is 40.2 Å². The molecule has 0 aliphatic rings. The van der Waals surface area contributed by atoms with Gasteiger partial charge in [0, 0.05) is 17.7 Å². The van der Waals surface area contributed by atoms with E-state index in [1.807, 2.05) is 6.26 Å². The molecule has 1 atom stereocenters. The minimum Gasteiger partial charge on any atom is -0.387 e. The molecule has 96 valence electrons. The number of nitrogens with two attached hydrogens (primary N) is 1. The number of nitrogen functional groups attached to an aromatic ring is 1. The number of hydrogen-bond donors (Lipinski definition) is 3. The van der Waals surface area contributed by atoms with Crippen molar-refractivity contribution in [2.24, 2.45) is 0 Å². The van der Waals surface area contributed by atoms with Crippen LogP contribution in [0.15, 0.2) is 5.38 Å². The minimum absolute atomic E-state index is 0.156. The zero-order chi connectivity index (χ0) is 12.9. The summed E-state index contributed by atoms with van der Waals surface area (Å²) in [7, 11) is 0. The van der Waals surface area contributed by atoms with Gasteiger partial charge in [-0.05, 0) is 13.2 Å². The lowest BCUT2D eigenvalue weighted by atomic mass is 10.1. The van der Waals surface area contributed by atoms with Crippen LogP contribution in [0.25, 0.3) is 0 Å². The third-order valence-electron chi connectivity index (χ3n) is 2.03. The molecule has 0 saturated carbocycles. The predicted molar refractivity (Wildman–Crippen MR) is 72.2 cm³/mol. The summed E-state index contributed by atoms with van der Waals surface area (Å²) >= 11 is 2.85. The first-order valence-electron chi connectivity index (χ1n) is 5.11. The zero-order valence-electron chi connectivity index (χ0n) is 9.90. The third kappa shape index (κ3) is 5.38. The van der Waals surface area contributed by atoms with E-state index in [1.54, 1.807) is 12.3 Å². The molecule has 0 radical (unpaired) electrons. The van der Waals surface area contributed by atoms with E-state index in [2.05, 4.69) is 10.3 Å². The monoisotopic (exact) mass is 275 g/mol. The Morgan fingerprint density at radius 3 is 3.00 bits per heavy atom. The van der Waals surface area contributed by atoms with Crippen molar-refractivity contribution in [1.29, 1.82) is 0 Å². The van der Waals surface area contributed by atoms with Crippen molar-refractivity contribution in [3.63, 3.8) is 0 Å². The van der Waals surface area contributed by atoms with E-state index in [4.69, 9.17) is 5.73 Å². The molecule has 0 saturated heterocycles. The predicted octanol–water partition coefficient (Wildman–Crippen LogP) is 0.498. The smallest absolute Gasteiger partial charge is 0.226 e. The van der Waals surface area contributed by atoms with Gasteiger partial charge in [0.2, 0.25) is 5.91 Å². The quantitative estimate of drug-likeness (QED) is 0.703. The normalized spacial score (nSPS) is 14.3. The second-order valence-electron chi connectivity index (χ2n) is 4.06. The standard InChI is InChI=1S/C10H17N3O2S2/c1-10(15,6-16-2)5-12-8(14)3-7-4-17-9(11)13-7/h4,15H,3,5-6H2,1-2H3,(H2,11,13)(H,12,14). The summed E-state index contributed by atoms with van der Waals surface area (Å²) in [6.45, 7) is 1.94. The van der Waals surface area contributed by atoms with Crippen LogP contribution in [0.3, 0.4) is 0 Å². The fourth-order valence-corrected chi connectivity index (χ4v) is 2.57. The fraction of sp³-hybridized carbons (Fsp3) is 0.600. The molecule has 1 heterocycles. The van der Waals surface area contributed by atoms with Crippen LogP contribution in [0.2, 0.25) is 0 Å². The Bertz CT molecular complexity index is 379. The van der Waals surface area contributed by atoms with E-state index in [0.29, 0.717) is 16.6 Å². The van der Waals surface area contributed by atoms with E-state index < -0.39 is 5.60 Å². The van der Waals surface area contributed by atoms with Crippen molar-refractivity contribution in [3.8, 4) is 0 Å². The number of carbonyl (C=O) groups is 1. The highest BCUT2D eigenvalue weighted by atomic mass is 32.2. The minimum atomic E-state index is -0.879. The second kappa shape index (κ2) is 6.23. The lowest BCUT2D eigenvalue weighted by molar-refractivity contribution is -0.121. The summed E-state index contributed by atoms with van der Waals surface area (Å²) in [5.41, 5.74) is 5.25. The van der Waals surface area contributed by atoms with Crippen LogP contribution in [0.1, 0.15) is 12.6 Å². The molecule has 1 aromatic rings. The highest BCUT2D eigenvalue weighted by Crippen LogP contribution is 2.12. The van der Waals surface area contributed by atoms with Gasteiger partial charge in [-0.15, -0.1) is 11.3 Å². The first-order valence-corrected chi connectivity index (χ1v) is 7.38. The van der Waals surface area contributed by atoms with Gasteiger partial charge in [-0.2, -0.15) is 11.8 Å². The van der Waals surface area contributed by atoms with Gasteiger partial charge in [0.1, 0.15) is 0 Å². The van der Waals surface area contributed by atoms with Gasteiger partial charge < -0.3 is 16.2 Å². The maximum Gasteiger partial charge on any atom is 0.226 e. The van der Waals surface area contributed by atoms with E-state index in [9.17, 15) is 9.90 Å². The maximum atomic E-state index is 11.6. The van der Waals surface area contributed by atoms with Crippen LogP contribution in [0, 0.1) is 0 Å². The molecule has 1 aromatic heterocycles.